The highest BCUT2D eigenvalue weighted by molar-refractivity contribution is 6.01. The number of hydrogen-bond donors (Lipinski definition) is 9. The van der Waals surface area contributed by atoms with E-state index in [4.69, 9.17) is 15.8 Å². The Hall–Kier alpha value is -13.1. The zero-order chi connectivity index (χ0) is 78.5. The molecule has 12 aromatic rings. The lowest BCUT2D eigenvalue weighted by Gasteiger charge is -2.23. The molecule has 0 saturated heterocycles. The normalized spacial score (nSPS) is 15.7. The average molecular weight is 1500 g/mol. The molecule has 0 bridgehead atoms. The number of carbonyl (C=O) groups excluding carboxylic acids is 3. The summed E-state index contributed by atoms with van der Waals surface area (Å²) < 4.78 is 47.9. The maximum absolute atomic E-state index is 14.3. The number of anilines is 3. The fraction of sp³-hybridized carbons (Fsp3) is 0.296. The predicted octanol–water partition coefficient (Wildman–Crippen LogP) is 9.24. The number of aliphatic hydroxyl groups is 3. The zero-order valence-corrected chi connectivity index (χ0v) is 61.3. The van der Waals surface area contributed by atoms with E-state index in [1.807, 2.05) is 73.2 Å². The number of alkyl halides is 3. The van der Waals surface area contributed by atoms with E-state index >= 15 is 0 Å². The third-order valence-electron chi connectivity index (χ3n) is 19.6. The van der Waals surface area contributed by atoms with Gasteiger partial charge in [-0.15, -0.1) is 0 Å². The monoisotopic (exact) mass is 1500 g/mol. The van der Waals surface area contributed by atoms with E-state index in [1.165, 1.54) is 95.4 Å². The van der Waals surface area contributed by atoms with Gasteiger partial charge in [0.25, 0.3) is 17.7 Å². The third kappa shape index (κ3) is 17.4. The van der Waals surface area contributed by atoms with Gasteiger partial charge in [0.2, 0.25) is 0 Å². The van der Waals surface area contributed by atoms with Crippen molar-refractivity contribution in [2.45, 2.75) is 134 Å². The minimum atomic E-state index is -1.63. The van der Waals surface area contributed by atoms with E-state index in [0.717, 1.165) is 71.8 Å². The van der Waals surface area contributed by atoms with Crippen molar-refractivity contribution in [2.75, 3.05) is 35.6 Å². The number of halogens is 3. The van der Waals surface area contributed by atoms with Crippen LogP contribution in [0.3, 0.4) is 0 Å². The van der Waals surface area contributed by atoms with Gasteiger partial charge in [0, 0.05) is 73.9 Å². The molecule has 3 amide bonds. The quantitative estimate of drug-likeness (QED) is 0.0323. The van der Waals surface area contributed by atoms with Crippen molar-refractivity contribution >= 4 is 51.3 Å². The van der Waals surface area contributed by atoms with Crippen molar-refractivity contribution in [3.05, 3.63) is 232 Å². The molecule has 12 heterocycles. The van der Waals surface area contributed by atoms with Crippen molar-refractivity contribution in [1.29, 1.82) is 15.8 Å². The van der Waals surface area contributed by atoms with Gasteiger partial charge in [-0.05, 0) is 204 Å². The SMILES string of the molecule is CC(C)(O)[C@H](F)CNC(=O)c1cnc(-c2ccc3cc(C#N)cnn23)cc1NC1Cc2ccncc2C1.CC(C)(O)[C@H](F)CNC(=O)c1cnc(-c2ccc3cc(C#N)cnn23)cc1NC1Cc2ccncc2C1.CC(C)(O)[C@H](F)CNC(=O)c1cnc(-c2ccc3cc(C#N)cnn23)cc1NC1Cc2ccncc2C1. The Balaban J connectivity index is 0.000000146. The number of fused-ring (bicyclic) bond motifs is 6. The molecule has 0 spiro atoms. The standard InChI is InChI=1S/3C27H26FN7O2/c3*1-27(2,37)25(28)15-32-26(36)21-14-31-23(24-4-3-20-7-16(11-29)12-33-35(20)24)10-22(21)34-19-8-17-5-6-30-13-18(17)9-19/h3*3-7,10,12-14,19,25,37H,8-9,15H2,1-2H3,(H,31,34)(H,32,36)/t3*19?,25-/m111/s1. The van der Waals surface area contributed by atoms with Crippen LogP contribution in [0.15, 0.2) is 165 Å². The number of nitrogens with zero attached hydrogens (tertiary/aromatic N) is 15. The Labute approximate surface area is 635 Å². The van der Waals surface area contributed by atoms with Gasteiger partial charge in [0.15, 0.2) is 0 Å². The number of nitrogens with one attached hydrogen (secondary N) is 6. The van der Waals surface area contributed by atoms with E-state index < -0.39 is 53.0 Å². The van der Waals surface area contributed by atoms with Gasteiger partial charge in [-0.25, -0.2) is 26.7 Å². The Kier molecular flexibility index (Phi) is 22.0. The largest absolute Gasteiger partial charge is 0.387 e. The molecule has 0 aliphatic heterocycles. The van der Waals surface area contributed by atoms with Crippen LogP contribution < -0.4 is 31.9 Å². The molecular formula is C81H78F3N21O6. The summed E-state index contributed by atoms with van der Waals surface area (Å²) in [6, 6.07) is 34.0. The summed E-state index contributed by atoms with van der Waals surface area (Å²) in [7, 11) is 0. The van der Waals surface area contributed by atoms with Crippen LogP contribution >= 0.6 is 0 Å². The maximum Gasteiger partial charge on any atom is 0.255 e. The van der Waals surface area contributed by atoms with Gasteiger partial charge in [0.1, 0.15) is 36.7 Å². The molecule has 30 heteroatoms. The molecule has 0 radical (unpaired) electrons. The van der Waals surface area contributed by atoms with E-state index in [2.05, 4.69) is 95.3 Å². The molecule has 12 aromatic heterocycles. The Morgan fingerprint density at radius 2 is 0.685 bits per heavy atom. The molecule has 15 rings (SSSR count). The third-order valence-corrected chi connectivity index (χ3v) is 19.6. The first kappa shape index (κ1) is 76.1. The van der Waals surface area contributed by atoms with Crippen molar-refractivity contribution in [3.63, 3.8) is 0 Å². The number of pyridine rings is 6. The highest BCUT2D eigenvalue weighted by Gasteiger charge is 2.33. The van der Waals surface area contributed by atoms with Crippen LogP contribution in [0.1, 0.15) is 123 Å². The van der Waals surface area contributed by atoms with Gasteiger partial charge >= 0.3 is 0 Å². The van der Waals surface area contributed by atoms with Crippen LogP contribution in [0.5, 0.6) is 0 Å². The average Bonchev–Trinajstić information content (AvgIpc) is 1.70. The summed E-state index contributed by atoms with van der Waals surface area (Å²) in [5.74, 6) is -1.49. The number of hydrogen-bond acceptors (Lipinski definition) is 21. The fourth-order valence-electron chi connectivity index (χ4n) is 13.3. The van der Waals surface area contributed by atoms with Gasteiger partial charge in [-0.2, -0.15) is 31.1 Å². The summed E-state index contributed by atoms with van der Waals surface area (Å²) in [6.07, 6.45) is 19.4. The molecule has 0 aromatic carbocycles. The van der Waals surface area contributed by atoms with Gasteiger partial charge in [-0.1, -0.05) is 0 Å². The Morgan fingerprint density at radius 1 is 0.414 bits per heavy atom. The molecule has 3 aliphatic carbocycles. The number of carbonyl (C=O) groups is 3. The smallest absolute Gasteiger partial charge is 0.255 e. The first-order valence-electron chi connectivity index (χ1n) is 35.8. The molecule has 0 saturated carbocycles. The molecule has 564 valence electrons. The minimum absolute atomic E-state index is 0.0340. The summed E-state index contributed by atoms with van der Waals surface area (Å²) in [4.78, 5) is 65.4. The molecule has 3 aliphatic rings. The molecule has 6 atom stereocenters. The molecule has 111 heavy (non-hydrogen) atoms. The van der Waals surface area contributed by atoms with Crippen LogP contribution in [0.2, 0.25) is 0 Å². The molecule has 3 unspecified atom stereocenters. The zero-order valence-electron chi connectivity index (χ0n) is 61.3. The van der Waals surface area contributed by atoms with Gasteiger partial charge in [0.05, 0.1) is 156 Å². The van der Waals surface area contributed by atoms with Crippen molar-refractivity contribution in [2.24, 2.45) is 0 Å². The van der Waals surface area contributed by atoms with Crippen molar-refractivity contribution in [3.8, 4) is 52.4 Å². The first-order chi connectivity index (χ1) is 53.2. The lowest BCUT2D eigenvalue weighted by Crippen LogP contribution is -2.42. The highest BCUT2D eigenvalue weighted by atomic mass is 19.1. The van der Waals surface area contributed by atoms with Gasteiger partial charge in [-0.3, -0.25) is 44.3 Å². The lowest BCUT2D eigenvalue weighted by atomic mass is 10.0. The second kappa shape index (κ2) is 32.0. The molecule has 27 nitrogen and oxygen atoms in total. The Morgan fingerprint density at radius 3 is 0.937 bits per heavy atom. The fourth-order valence-corrected chi connectivity index (χ4v) is 13.3. The van der Waals surface area contributed by atoms with Crippen LogP contribution in [0.4, 0.5) is 30.2 Å². The second-order valence-electron chi connectivity index (χ2n) is 29.3. The maximum atomic E-state index is 14.3. The summed E-state index contributed by atoms with van der Waals surface area (Å²) in [6.45, 7) is 7.13. The summed E-state index contributed by atoms with van der Waals surface area (Å²) in [5.41, 5.74) is 12.2. The molecule has 9 N–H and O–H groups in total. The van der Waals surface area contributed by atoms with E-state index in [9.17, 15) is 42.9 Å². The van der Waals surface area contributed by atoms with Crippen LogP contribution in [-0.4, -0.2) is 165 Å². The number of nitriles is 3. The topological polar surface area (TPSA) is 385 Å². The summed E-state index contributed by atoms with van der Waals surface area (Å²) in [5, 5.41) is 88.4. The molecular weight excluding hydrogens is 1420 g/mol. The predicted molar refractivity (Wildman–Crippen MR) is 407 cm³/mol. The minimum Gasteiger partial charge on any atom is -0.387 e. The highest BCUT2D eigenvalue weighted by Crippen LogP contribution is 2.34. The lowest BCUT2D eigenvalue weighted by molar-refractivity contribution is -0.00209. The van der Waals surface area contributed by atoms with E-state index in [-0.39, 0.29) is 54.5 Å². The Bertz CT molecular complexity index is 5030. The summed E-state index contributed by atoms with van der Waals surface area (Å²) >= 11 is 0. The second-order valence-corrected chi connectivity index (χ2v) is 29.3. The first-order valence-corrected chi connectivity index (χ1v) is 35.8. The number of amides is 3. The van der Waals surface area contributed by atoms with Crippen molar-refractivity contribution < 1.29 is 42.9 Å². The number of aromatic nitrogens is 12. The van der Waals surface area contributed by atoms with Gasteiger partial charge < -0.3 is 47.2 Å². The van der Waals surface area contributed by atoms with Crippen LogP contribution in [-0.2, 0) is 38.5 Å². The van der Waals surface area contributed by atoms with Crippen molar-refractivity contribution in [1.82, 2.24) is 74.7 Å². The number of rotatable bonds is 21. The van der Waals surface area contributed by atoms with E-state index in [1.54, 1.807) is 68.5 Å². The van der Waals surface area contributed by atoms with Crippen LogP contribution in [0.25, 0.3) is 50.7 Å². The van der Waals surface area contributed by atoms with E-state index in [0.29, 0.717) is 67.9 Å². The molecule has 0 fully saturated rings. The van der Waals surface area contributed by atoms with Crippen LogP contribution in [0, 0.1) is 34.0 Å².